The van der Waals surface area contributed by atoms with Crippen molar-refractivity contribution in [2.24, 2.45) is 5.41 Å². The molecule has 1 aliphatic heterocycles. The van der Waals surface area contributed by atoms with E-state index in [4.69, 9.17) is 9.84 Å². The topological polar surface area (TPSA) is 32.7 Å². The zero-order valence-electron chi connectivity index (χ0n) is 11.2. The van der Waals surface area contributed by atoms with Gasteiger partial charge in [0.15, 0.2) is 0 Å². The molecule has 1 rings (SSSR count). The number of hydrogen-bond donors (Lipinski definition) is 2. The first-order chi connectivity index (χ1) is 8.13. The fourth-order valence-corrected chi connectivity index (χ4v) is 2.81. The summed E-state index contributed by atoms with van der Waals surface area (Å²) in [5, 5.41) is 8.96. The summed E-state index contributed by atoms with van der Waals surface area (Å²) in [4.78, 5) is 2.47. The second-order valence-corrected chi connectivity index (χ2v) is 5.73. The average Bonchev–Trinajstić information content (AvgIpc) is 2.35. The van der Waals surface area contributed by atoms with Gasteiger partial charge in [-0.3, -0.25) is 0 Å². The van der Waals surface area contributed by atoms with E-state index in [-0.39, 0.29) is 6.61 Å². The summed E-state index contributed by atoms with van der Waals surface area (Å²) in [5.74, 6) is 0.929. The van der Waals surface area contributed by atoms with Gasteiger partial charge in [0.2, 0.25) is 0 Å². The van der Waals surface area contributed by atoms with Gasteiger partial charge in [0, 0.05) is 39.0 Å². The Kier molecular flexibility index (Phi) is 6.85. The van der Waals surface area contributed by atoms with Crippen LogP contribution in [0.15, 0.2) is 0 Å². The second kappa shape index (κ2) is 7.62. The van der Waals surface area contributed by atoms with Crippen molar-refractivity contribution >= 4 is 12.6 Å². The van der Waals surface area contributed by atoms with Crippen molar-refractivity contribution in [2.75, 3.05) is 38.7 Å². The van der Waals surface area contributed by atoms with E-state index in [1.54, 1.807) is 0 Å². The van der Waals surface area contributed by atoms with E-state index in [1.165, 1.54) is 0 Å². The molecule has 0 atom stereocenters. The van der Waals surface area contributed by atoms with E-state index in [1.807, 2.05) is 0 Å². The summed E-state index contributed by atoms with van der Waals surface area (Å²) >= 11 is 4.55. The van der Waals surface area contributed by atoms with Crippen LogP contribution in [0.4, 0.5) is 0 Å². The van der Waals surface area contributed by atoms with E-state index in [0.29, 0.717) is 11.5 Å². The molecule has 0 spiro atoms. The summed E-state index contributed by atoms with van der Waals surface area (Å²) in [7, 11) is 0. The largest absolute Gasteiger partial charge is 0.396 e. The van der Waals surface area contributed by atoms with E-state index in [9.17, 15) is 0 Å². The van der Waals surface area contributed by atoms with Crippen LogP contribution >= 0.6 is 12.6 Å². The van der Waals surface area contributed by atoms with Gasteiger partial charge in [-0.15, -0.1) is 0 Å². The highest BCUT2D eigenvalue weighted by Crippen LogP contribution is 2.33. The molecule has 0 unspecified atom stereocenters. The van der Waals surface area contributed by atoms with E-state index in [0.717, 1.165) is 51.3 Å². The molecule has 0 bridgehead atoms. The maximum Gasteiger partial charge on any atom is 0.0472 e. The van der Waals surface area contributed by atoms with Gasteiger partial charge in [0.25, 0.3) is 0 Å². The molecule has 1 heterocycles. The number of thiol groups is 1. The normalized spacial score (nSPS) is 20.1. The monoisotopic (exact) mass is 261 g/mol. The molecule has 3 nitrogen and oxygen atoms in total. The molecule has 0 aromatic rings. The summed E-state index contributed by atoms with van der Waals surface area (Å²) in [6.07, 6.45) is 3.08. The van der Waals surface area contributed by atoms with Crippen LogP contribution in [-0.4, -0.2) is 54.7 Å². The molecule has 0 radical (unpaired) electrons. The minimum absolute atomic E-state index is 0.278. The van der Waals surface area contributed by atoms with Gasteiger partial charge in [-0.05, 0) is 44.3 Å². The van der Waals surface area contributed by atoms with Crippen molar-refractivity contribution < 1.29 is 9.84 Å². The molecule has 1 fully saturated rings. The summed E-state index contributed by atoms with van der Waals surface area (Å²) in [5.41, 5.74) is 0.307. The van der Waals surface area contributed by atoms with Crippen LogP contribution in [-0.2, 0) is 4.74 Å². The maximum absolute atomic E-state index is 8.96. The van der Waals surface area contributed by atoms with Gasteiger partial charge in [0.1, 0.15) is 0 Å². The van der Waals surface area contributed by atoms with Crippen LogP contribution in [0.3, 0.4) is 0 Å². The van der Waals surface area contributed by atoms with Crippen LogP contribution in [0.1, 0.15) is 33.1 Å². The molecular weight excluding hydrogens is 234 g/mol. The van der Waals surface area contributed by atoms with Crippen LogP contribution in [0.2, 0.25) is 0 Å². The SMILES string of the molecule is CC(C)N(CCCO)CC1(CS)CCOCC1. The number of ether oxygens (including phenoxy) is 1. The lowest BCUT2D eigenvalue weighted by Crippen LogP contribution is -2.45. The lowest BCUT2D eigenvalue weighted by Gasteiger charge is -2.41. The fraction of sp³-hybridized carbons (Fsp3) is 1.00. The van der Waals surface area contributed by atoms with E-state index >= 15 is 0 Å². The number of hydrogen-bond acceptors (Lipinski definition) is 4. The van der Waals surface area contributed by atoms with Gasteiger partial charge in [-0.1, -0.05) is 0 Å². The molecule has 1 saturated heterocycles. The standard InChI is InChI=1S/C13H27NO2S/c1-12(2)14(6-3-7-15)10-13(11-17)4-8-16-9-5-13/h12,15,17H,3-11H2,1-2H3. The molecule has 0 aliphatic carbocycles. The third kappa shape index (κ3) is 4.78. The Morgan fingerprint density at radius 2 is 2.00 bits per heavy atom. The van der Waals surface area contributed by atoms with Crippen LogP contribution in [0.5, 0.6) is 0 Å². The minimum atomic E-state index is 0.278. The molecule has 0 aromatic heterocycles. The van der Waals surface area contributed by atoms with Crippen LogP contribution in [0.25, 0.3) is 0 Å². The second-order valence-electron chi connectivity index (χ2n) is 5.41. The van der Waals surface area contributed by atoms with Gasteiger partial charge >= 0.3 is 0 Å². The average molecular weight is 261 g/mol. The van der Waals surface area contributed by atoms with Gasteiger partial charge in [0.05, 0.1) is 0 Å². The molecule has 0 amide bonds. The van der Waals surface area contributed by atoms with Crippen molar-refractivity contribution in [1.29, 1.82) is 0 Å². The molecule has 1 N–H and O–H groups in total. The van der Waals surface area contributed by atoms with Crippen LogP contribution < -0.4 is 0 Å². The minimum Gasteiger partial charge on any atom is -0.396 e. The van der Waals surface area contributed by atoms with Crippen molar-refractivity contribution in [3.63, 3.8) is 0 Å². The van der Waals surface area contributed by atoms with Gasteiger partial charge in [-0.2, -0.15) is 12.6 Å². The Morgan fingerprint density at radius 1 is 1.35 bits per heavy atom. The Morgan fingerprint density at radius 3 is 2.47 bits per heavy atom. The lowest BCUT2D eigenvalue weighted by molar-refractivity contribution is 0.00158. The first kappa shape index (κ1) is 15.3. The van der Waals surface area contributed by atoms with Gasteiger partial charge < -0.3 is 14.7 Å². The summed E-state index contributed by atoms with van der Waals surface area (Å²) < 4.78 is 5.46. The Labute approximate surface area is 111 Å². The first-order valence-corrected chi connectivity index (χ1v) is 7.30. The molecule has 17 heavy (non-hydrogen) atoms. The lowest BCUT2D eigenvalue weighted by atomic mass is 9.81. The Balaban J connectivity index is 2.55. The van der Waals surface area contributed by atoms with E-state index in [2.05, 4.69) is 31.4 Å². The number of aliphatic hydroxyl groups excluding tert-OH is 1. The summed E-state index contributed by atoms with van der Waals surface area (Å²) in [6, 6.07) is 0.529. The highest BCUT2D eigenvalue weighted by atomic mass is 32.1. The molecule has 102 valence electrons. The molecule has 0 saturated carbocycles. The highest BCUT2D eigenvalue weighted by molar-refractivity contribution is 7.80. The predicted octanol–water partition coefficient (Wildman–Crippen LogP) is 1.81. The summed E-state index contributed by atoms with van der Waals surface area (Å²) in [6.45, 7) is 8.52. The fourth-order valence-electron chi connectivity index (χ4n) is 2.40. The molecular formula is C13H27NO2S. The van der Waals surface area contributed by atoms with Crippen molar-refractivity contribution in [1.82, 2.24) is 4.90 Å². The maximum atomic E-state index is 8.96. The Hall–Kier alpha value is 0.230. The van der Waals surface area contributed by atoms with Crippen LogP contribution in [0, 0.1) is 5.41 Å². The van der Waals surface area contributed by atoms with Gasteiger partial charge in [-0.25, -0.2) is 0 Å². The number of nitrogens with zero attached hydrogens (tertiary/aromatic N) is 1. The third-order valence-electron chi connectivity index (χ3n) is 3.76. The quantitative estimate of drug-likeness (QED) is 0.686. The van der Waals surface area contributed by atoms with Crippen molar-refractivity contribution in [3.8, 4) is 0 Å². The number of aliphatic hydroxyl groups is 1. The first-order valence-electron chi connectivity index (χ1n) is 6.67. The highest BCUT2D eigenvalue weighted by Gasteiger charge is 2.33. The third-order valence-corrected chi connectivity index (χ3v) is 4.43. The Bertz CT molecular complexity index is 206. The smallest absolute Gasteiger partial charge is 0.0472 e. The zero-order valence-corrected chi connectivity index (χ0v) is 12.1. The van der Waals surface area contributed by atoms with Crippen molar-refractivity contribution in [3.05, 3.63) is 0 Å². The number of rotatable bonds is 7. The predicted molar refractivity (Wildman–Crippen MR) is 74.8 cm³/mol. The zero-order chi connectivity index (χ0) is 12.7. The molecule has 4 heteroatoms. The van der Waals surface area contributed by atoms with Crippen molar-refractivity contribution in [2.45, 2.75) is 39.2 Å². The molecule has 0 aromatic carbocycles. The van der Waals surface area contributed by atoms with E-state index < -0.39 is 0 Å². The molecule has 1 aliphatic rings.